The smallest absolute Gasteiger partial charge is 0.325 e. The molecule has 0 fully saturated rings. The van der Waals surface area contributed by atoms with E-state index in [1.54, 1.807) is 42.6 Å². The summed E-state index contributed by atoms with van der Waals surface area (Å²) in [5.41, 5.74) is 2.11. The number of anilines is 1. The van der Waals surface area contributed by atoms with Gasteiger partial charge in [0.1, 0.15) is 0 Å². The van der Waals surface area contributed by atoms with E-state index in [-0.39, 0.29) is 6.42 Å². The van der Waals surface area contributed by atoms with Crippen molar-refractivity contribution >= 4 is 22.5 Å². The highest BCUT2D eigenvalue weighted by molar-refractivity contribution is 5.96. The first kappa shape index (κ1) is 15.2. The Kier molecular flexibility index (Phi) is 4.10. The van der Waals surface area contributed by atoms with E-state index >= 15 is 0 Å². The summed E-state index contributed by atoms with van der Waals surface area (Å²) in [4.78, 5) is 14.8. The molecule has 1 aromatic heterocycles. The Morgan fingerprint density at radius 1 is 1.09 bits per heavy atom. The molecule has 0 saturated carbocycles. The zero-order chi connectivity index (χ0) is 16.3. The summed E-state index contributed by atoms with van der Waals surface area (Å²) >= 11 is 0. The van der Waals surface area contributed by atoms with Gasteiger partial charge in [0.25, 0.3) is 5.91 Å². The monoisotopic (exact) mass is 314 g/mol. The van der Waals surface area contributed by atoms with Crippen molar-refractivity contribution in [3.63, 3.8) is 0 Å². The maximum Gasteiger partial charge on any atom is 0.325 e. The number of rotatable bonds is 5. The molecule has 0 saturated heterocycles. The highest BCUT2D eigenvalue weighted by atomic mass is 19.3. The number of halogens is 2. The lowest BCUT2D eigenvalue weighted by Gasteiger charge is -2.16. The number of benzene rings is 2. The number of nitrogens with one attached hydrogen (secondary N) is 2. The Morgan fingerprint density at radius 3 is 2.65 bits per heavy atom. The SMILES string of the molecule is O=C(Nc1ccccc1)C(F)(F)CCc1ccc2[nH]ccc2c1. The second-order valence-corrected chi connectivity index (χ2v) is 5.42. The van der Waals surface area contributed by atoms with Gasteiger partial charge in [-0.05, 0) is 47.7 Å². The number of carbonyl (C=O) groups is 1. The van der Waals surface area contributed by atoms with Crippen LogP contribution in [0.2, 0.25) is 0 Å². The van der Waals surface area contributed by atoms with Crippen molar-refractivity contribution in [3.8, 4) is 0 Å². The molecular weight excluding hydrogens is 298 g/mol. The van der Waals surface area contributed by atoms with Crippen LogP contribution < -0.4 is 5.32 Å². The van der Waals surface area contributed by atoms with Crippen molar-refractivity contribution in [2.45, 2.75) is 18.8 Å². The molecule has 1 heterocycles. The van der Waals surface area contributed by atoms with Crippen LogP contribution >= 0.6 is 0 Å². The Hall–Kier alpha value is -2.69. The van der Waals surface area contributed by atoms with Crippen LogP contribution in [0.5, 0.6) is 0 Å². The average molecular weight is 314 g/mol. The van der Waals surface area contributed by atoms with Crippen LogP contribution in [-0.4, -0.2) is 16.8 Å². The maximum absolute atomic E-state index is 14.0. The number of aromatic nitrogens is 1. The van der Waals surface area contributed by atoms with Gasteiger partial charge >= 0.3 is 5.92 Å². The lowest BCUT2D eigenvalue weighted by molar-refractivity contribution is -0.140. The second kappa shape index (κ2) is 6.20. The van der Waals surface area contributed by atoms with Crippen molar-refractivity contribution in [2.24, 2.45) is 0 Å². The number of aryl methyl sites for hydroxylation is 1. The molecule has 0 aliphatic heterocycles. The molecule has 0 aliphatic carbocycles. The molecule has 0 aliphatic rings. The first-order valence-electron chi connectivity index (χ1n) is 7.35. The fourth-order valence-corrected chi connectivity index (χ4v) is 2.42. The quantitative estimate of drug-likeness (QED) is 0.721. The van der Waals surface area contributed by atoms with Crippen LogP contribution in [0.1, 0.15) is 12.0 Å². The number of fused-ring (bicyclic) bond motifs is 1. The second-order valence-electron chi connectivity index (χ2n) is 5.42. The summed E-state index contributed by atoms with van der Waals surface area (Å²) in [6, 6.07) is 15.7. The molecule has 3 rings (SSSR count). The standard InChI is InChI=1S/C18H16F2N2O/c19-18(20,17(23)22-15-4-2-1-3-5-15)10-8-13-6-7-16-14(12-13)9-11-21-16/h1-7,9,11-12,21H,8,10H2,(H,22,23). The van der Waals surface area contributed by atoms with E-state index in [1.165, 1.54) is 0 Å². The number of para-hydroxylation sites is 1. The topological polar surface area (TPSA) is 44.9 Å². The summed E-state index contributed by atoms with van der Waals surface area (Å²) in [5, 5.41) is 3.22. The van der Waals surface area contributed by atoms with Gasteiger partial charge in [-0.1, -0.05) is 24.3 Å². The van der Waals surface area contributed by atoms with Gasteiger partial charge in [-0.25, -0.2) is 0 Å². The van der Waals surface area contributed by atoms with Gasteiger partial charge in [-0.3, -0.25) is 4.79 Å². The largest absolute Gasteiger partial charge is 0.361 e. The minimum Gasteiger partial charge on any atom is -0.361 e. The third kappa shape index (κ3) is 3.56. The van der Waals surface area contributed by atoms with Crippen LogP contribution in [0.25, 0.3) is 10.9 Å². The maximum atomic E-state index is 14.0. The van der Waals surface area contributed by atoms with Crippen molar-refractivity contribution in [3.05, 3.63) is 66.4 Å². The number of hydrogen-bond acceptors (Lipinski definition) is 1. The molecule has 2 aromatic carbocycles. The minimum absolute atomic E-state index is 0.135. The van der Waals surface area contributed by atoms with E-state index in [4.69, 9.17) is 0 Å². The zero-order valence-electron chi connectivity index (χ0n) is 12.4. The van der Waals surface area contributed by atoms with Gasteiger partial charge in [-0.2, -0.15) is 8.78 Å². The Labute approximate surface area is 132 Å². The van der Waals surface area contributed by atoms with Gasteiger partial charge in [0.05, 0.1) is 0 Å². The van der Waals surface area contributed by atoms with Crippen LogP contribution in [0.3, 0.4) is 0 Å². The minimum atomic E-state index is -3.41. The first-order valence-corrected chi connectivity index (χ1v) is 7.35. The van der Waals surface area contributed by atoms with Gasteiger partial charge in [0.2, 0.25) is 0 Å². The van der Waals surface area contributed by atoms with Crippen molar-refractivity contribution in [1.82, 2.24) is 4.98 Å². The van der Waals surface area contributed by atoms with Gasteiger partial charge in [-0.15, -0.1) is 0 Å². The molecule has 0 unspecified atom stereocenters. The van der Waals surface area contributed by atoms with E-state index in [0.29, 0.717) is 5.69 Å². The number of aromatic amines is 1. The number of alkyl halides is 2. The molecule has 3 nitrogen and oxygen atoms in total. The number of carbonyl (C=O) groups excluding carboxylic acids is 1. The summed E-state index contributed by atoms with van der Waals surface area (Å²) in [6.07, 6.45) is 1.41. The van der Waals surface area contributed by atoms with Gasteiger partial charge in [0.15, 0.2) is 0 Å². The van der Waals surface area contributed by atoms with Crippen LogP contribution in [0.15, 0.2) is 60.8 Å². The lowest BCUT2D eigenvalue weighted by atomic mass is 10.0. The summed E-state index contributed by atoms with van der Waals surface area (Å²) in [5.74, 6) is -4.69. The number of H-pyrrole nitrogens is 1. The Bertz CT molecular complexity index is 812. The van der Waals surface area contributed by atoms with E-state index in [1.807, 2.05) is 18.2 Å². The van der Waals surface area contributed by atoms with Crippen molar-refractivity contribution < 1.29 is 13.6 Å². The fraction of sp³-hybridized carbons (Fsp3) is 0.167. The van der Waals surface area contributed by atoms with Gasteiger partial charge in [0, 0.05) is 23.8 Å². The molecule has 1 amide bonds. The summed E-state index contributed by atoms with van der Waals surface area (Å²) in [7, 11) is 0. The first-order chi connectivity index (χ1) is 11.0. The number of hydrogen-bond donors (Lipinski definition) is 2. The zero-order valence-corrected chi connectivity index (χ0v) is 12.4. The Balaban J connectivity index is 1.64. The highest BCUT2D eigenvalue weighted by Gasteiger charge is 2.38. The molecule has 23 heavy (non-hydrogen) atoms. The molecule has 3 aromatic rings. The molecule has 0 bridgehead atoms. The molecule has 0 radical (unpaired) electrons. The highest BCUT2D eigenvalue weighted by Crippen LogP contribution is 2.24. The Morgan fingerprint density at radius 2 is 1.87 bits per heavy atom. The number of amides is 1. The van der Waals surface area contributed by atoms with E-state index in [0.717, 1.165) is 16.5 Å². The summed E-state index contributed by atoms with van der Waals surface area (Å²) in [6.45, 7) is 0. The van der Waals surface area contributed by atoms with Gasteiger partial charge < -0.3 is 10.3 Å². The third-order valence-corrected chi connectivity index (χ3v) is 3.71. The predicted octanol–water partition coefficient (Wildman–Crippen LogP) is 4.37. The average Bonchev–Trinajstić information content (AvgIpc) is 3.01. The molecule has 118 valence electrons. The van der Waals surface area contributed by atoms with E-state index in [2.05, 4.69) is 10.3 Å². The molecule has 5 heteroatoms. The van der Waals surface area contributed by atoms with Crippen LogP contribution in [0.4, 0.5) is 14.5 Å². The fourth-order valence-electron chi connectivity index (χ4n) is 2.42. The van der Waals surface area contributed by atoms with Crippen LogP contribution in [-0.2, 0) is 11.2 Å². The van der Waals surface area contributed by atoms with Crippen molar-refractivity contribution in [2.75, 3.05) is 5.32 Å². The molecule has 2 N–H and O–H groups in total. The molecule has 0 spiro atoms. The molecular formula is C18H16F2N2O. The van der Waals surface area contributed by atoms with Crippen LogP contribution in [0, 0.1) is 0 Å². The third-order valence-electron chi connectivity index (χ3n) is 3.71. The lowest BCUT2D eigenvalue weighted by Crippen LogP contribution is -2.35. The van der Waals surface area contributed by atoms with E-state index < -0.39 is 18.3 Å². The van der Waals surface area contributed by atoms with E-state index in [9.17, 15) is 13.6 Å². The van der Waals surface area contributed by atoms with Crippen molar-refractivity contribution in [1.29, 1.82) is 0 Å². The molecule has 0 atom stereocenters. The summed E-state index contributed by atoms with van der Waals surface area (Å²) < 4.78 is 28.0. The normalized spacial score (nSPS) is 11.6. The predicted molar refractivity (Wildman–Crippen MR) is 86.6 cm³/mol.